The van der Waals surface area contributed by atoms with Crippen LogP contribution in [0.2, 0.25) is 0 Å². The summed E-state index contributed by atoms with van der Waals surface area (Å²) in [5.41, 5.74) is 0.771. The zero-order valence-electron chi connectivity index (χ0n) is 6.59. The van der Waals surface area contributed by atoms with Crippen LogP contribution in [0.15, 0.2) is 5.38 Å². The molecular weight excluding hydrogens is 146 g/mol. The molecule has 0 atom stereocenters. The molecule has 0 aliphatic rings. The van der Waals surface area contributed by atoms with Crippen molar-refractivity contribution in [2.45, 2.75) is 27.4 Å². The zero-order valence-corrected chi connectivity index (χ0v) is 7.40. The number of nitrogens with zero attached hydrogens (tertiary/aromatic N) is 1. The Bertz CT molecular complexity index is 174. The van der Waals surface area contributed by atoms with Crippen LogP contribution in [0.3, 0.4) is 0 Å². The summed E-state index contributed by atoms with van der Waals surface area (Å²) in [6, 6.07) is 0. The second-order valence-electron chi connectivity index (χ2n) is 1.52. The fraction of sp³-hybridized carbons (Fsp3) is 0.571. The fourth-order valence-electron chi connectivity index (χ4n) is 0.481. The van der Waals surface area contributed by atoms with Crippen LogP contribution in [0.25, 0.3) is 0 Å². The van der Waals surface area contributed by atoms with Gasteiger partial charge in [0.05, 0.1) is 17.3 Å². The van der Waals surface area contributed by atoms with Gasteiger partial charge in [0.15, 0.2) is 0 Å². The first-order valence-corrected chi connectivity index (χ1v) is 4.23. The highest BCUT2D eigenvalue weighted by Gasteiger charge is 1.92. The van der Waals surface area contributed by atoms with Gasteiger partial charge in [0.25, 0.3) is 0 Å². The minimum Gasteiger partial charge on any atom is -0.390 e. The maximum Gasteiger partial charge on any atom is 0.0898 e. The third-order valence-electron chi connectivity index (χ3n) is 0.829. The van der Waals surface area contributed by atoms with E-state index in [9.17, 15) is 0 Å². The minimum atomic E-state index is 0.0599. The zero-order chi connectivity index (χ0) is 7.98. The smallest absolute Gasteiger partial charge is 0.0898 e. The van der Waals surface area contributed by atoms with Gasteiger partial charge in [0.2, 0.25) is 0 Å². The van der Waals surface area contributed by atoms with E-state index >= 15 is 0 Å². The van der Waals surface area contributed by atoms with Crippen LogP contribution >= 0.6 is 11.3 Å². The van der Waals surface area contributed by atoms with Gasteiger partial charge in [0, 0.05) is 5.38 Å². The first kappa shape index (κ1) is 9.59. The van der Waals surface area contributed by atoms with Crippen molar-refractivity contribution in [1.82, 2.24) is 4.98 Å². The molecule has 1 aromatic heterocycles. The molecule has 0 saturated carbocycles. The van der Waals surface area contributed by atoms with Crippen LogP contribution in [0.1, 0.15) is 24.5 Å². The van der Waals surface area contributed by atoms with E-state index < -0.39 is 0 Å². The van der Waals surface area contributed by atoms with E-state index in [0.717, 1.165) is 10.7 Å². The van der Waals surface area contributed by atoms with Gasteiger partial charge >= 0.3 is 0 Å². The monoisotopic (exact) mass is 159 g/mol. The Morgan fingerprint density at radius 1 is 1.60 bits per heavy atom. The summed E-state index contributed by atoms with van der Waals surface area (Å²) in [6.07, 6.45) is 0. The van der Waals surface area contributed by atoms with Gasteiger partial charge in [-0.2, -0.15) is 0 Å². The Morgan fingerprint density at radius 3 is 2.40 bits per heavy atom. The normalized spacial score (nSPS) is 8.40. The van der Waals surface area contributed by atoms with Crippen LogP contribution in [0.4, 0.5) is 0 Å². The highest BCUT2D eigenvalue weighted by atomic mass is 32.1. The van der Waals surface area contributed by atoms with Crippen LogP contribution in [-0.2, 0) is 6.61 Å². The Morgan fingerprint density at radius 2 is 2.20 bits per heavy atom. The van der Waals surface area contributed by atoms with Crippen LogP contribution < -0.4 is 0 Å². The third-order valence-corrected chi connectivity index (χ3v) is 1.65. The molecule has 0 aliphatic carbocycles. The molecule has 0 amide bonds. The topological polar surface area (TPSA) is 33.1 Å². The second-order valence-corrected chi connectivity index (χ2v) is 2.58. The van der Waals surface area contributed by atoms with Gasteiger partial charge in [-0.05, 0) is 6.92 Å². The molecule has 58 valence electrons. The fourth-order valence-corrected chi connectivity index (χ4v) is 1.08. The summed E-state index contributed by atoms with van der Waals surface area (Å²) < 4.78 is 0. The Balaban J connectivity index is 0.000000371. The molecule has 0 saturated heterocycles. The van der Waals surface area contributed by atoms with Crippen molar-refractivity contribution in [3.63, 3.8) is 0 Å². The van der Waals surface area contributed by atoms with Gasteiger partial charge in [-0.3, -0.25) is 0 Å². The molecule has 3 heteroatoms. The summed E-state index contributed by atoms with van der Waals surface area (Å²) in [5.74, 6) is 0. The van der Waals surface area contributed by atoms with E-state index in [1.165, 1.54) is 0 Å². The van der Waals surface area contributed by atoms with Crippen molar-refractivity contribution in [3.05, 3.63) is 16.1 Å². The lowest BCUT2D eigenvalue weighted by Gasteiger charge is -1.79. The molecule has 0 fully saturated rings. The highest BCUT2D eigenvalue weighted by molar-refractivity contribution is 7.09. The maximum absolute atomic E-state index is 8.50. The molecule has 1 N–H and O–H groups in total. The van der Waals surface area contributed by atoms with Crippen molar-refractivity contribution in [2.24, 2.45) is 0 Å². The number of aliphatic hydroxyl groups is 1. The molecule has 0 aliphatic heterocycles. The van der Waals surface area contributed by atoms with E-state index in [1.54, 1.807) is 11.3 Å². The van der Waals surface area contributed by atoms with Crippen LogP contribution in [0, 0.1) is 6.92 Å². The number of hydrogen-bond acceptors (Lipinski definition) is 3. The molecule has 1 heterocycles. The maximum atomic E-state index is 8.50. The largest absolute Gasteiger partial charge is 0.390 e. The van der Waals surface area contributed by atoms with E-state index in [1.807, 2.05) is 26.2 Å². The first-order valence-electron chi connectivity index (χ1n) is 3.35. The van der Waals surface area contributed by atoms with Crippen LogP contribution in [0.5, 0.6) is 0 Å². The van der Waals surface area contributed by atoms with Crippen molar-refractivity contribution >= 4 is 11.3 Å². The van der Waals surface area contributed by atoms with E-state index in [0.29, 0.717) is 0 Å². The molecule has 1 rings (SSSR count). The standard InChI is InChI=1S/C5H7NOS.C2H6/c1-4-6-5(2-7)3-8-4;1-2/h3,7H,2H2,1H3;1-2H3. The Labute approximate surface area is 65.6 Å². The summed E-state index contributed by atoms with van der Waals surface area (Å²) in [4.78, 5) is 4.00. The van der Waals surface area contributed by atoms with E-state index in [2.05, 4.69) is 4.98 Å². The molecule has 0 unspecified atom stereocenters. The summed E-state index contributed by atoms with van der Waals surface area (Å²) in [5, 5.41) is 11.4. The molecular formula is C7H13NOS. The van der Waals surface area contributed by atoms with E-state index in [4.69, 9.17) is 5.11 Å². The molecule has 0 radical (unpaired) electrons. The average Bonchev–Trinajstić information content (AvgIpc) is 2.40. The van der Waals surface area contributed by atoms with Crippen molar-refractivity contribution < 1.29 is 5.11 Å². The van der Waals surface area contributed by atoms with Crippen molar-refractivity contribution in [1.29, 1.82) is 0 Å². The Kier molecular flexibility index (Phi) is 5.16. The predicted octanol–water partition coefficient (Wildman–Crippen LogP) is 1.97. The van der Waals surface area contributed by atoms with Gasteiger partial charge < -0.3 is 5.11 Å². The molecule has 0 aromatic carbocycles. The number of hydrogen-bond donors (Lipinski definition) is 1. The number of aromatic nitrogens is 1. The average molecular weight is 159 g/mol. The molecule has 0 spiro atoms. The number of thiazole rings is 1. The number of aliphatic hydroxyl groups excluding tert-OH is 1. The van der Waals surface area contributed by atoms with Crippen LogP contribution in [-0.4, -0.2) is 10.1 Å². The molecule has 10 heavy (non-hydrogen) atoms. The Hall–Kier alpha value is -0.410. The lowest BCUT2D eigenvalue weighted by atomic mass is 10.5. The first-order chi connectivity index (χ1) is 4.83. The minimum absolute atomic E-state index is 0.0599. The lowest BCUT2D eigenvalue weighted by molar-refractivity contribution is 0.277. The quantitative estimate of drug-likeness (QED) is 0.679. The summed E-state index contributed by atoms with van der Waals surface area (Å²) in [6.45, 7) is 5.98. The van der Waals surface area contributed by atoms with Gasteiger partial charge in [-0.25, -0.2) is 4.98 Å². The summed E-state index contributed by atoms with van der Waals surface area (Å²) >= 11 is 1.56. The SMILES string of the molecule is CC.Cc1nc(CO)cs1. The third kappa shape index (κ3) is 2.94. The number of rotatable bonds is 1. The summed E-state index contributed by atoms with van der Waals surface area (Å²) in [7, 11) is 0. The van der Waals surface area contributed by atoms with Gasteiger partial charge in [-0.1, -0.05) is 13.8 Å². The number of aryl methyl sites for hydroxylation is 1. The van der Waals surface area contributed by atoms with E-state index in [-0.39, 0.29) is 6.61 Å². The predicted molar refractivity (Wildman–Crippen MR) is 44.1 cm³/mol. The van der Waals surface area contributed by atoms with Crippen molar-refractivity contribution in [3.8, 4) is 0 Å². The highest BCUT2D eigenvalue weighted by Crippen LogP contribution is 2.06. The molecule has 2 nitrogen and oxygen atoms in total. The second kappa shape index (κ2) is 5.38. The van der Waals surface area contributed by atoms with Crippen molar-refractivity contribution in [2.75, 3.05) is 0 Å². The van der Waals surface area contributed by atoms with Gasteiger partial charge in [-0.15, -0.1) is 11.3 Å². The lowest BCUT2D eigenvalue weighted by Crippen LogP contribution is -1.80. The molecule has 0 bridgehead atoms. The van der Waals surface area contributed by atoms with Gasteiger partial charge in [0.1, 0.15) is 0 Å². The molecule has 1 aromatic rings.